The van der Waals surface area contributed by atoms with Gasteiger partial charge in [0.15, 0.2) is 5.78 Å². The maximum absolute atomic E-state index is 14.2. The molecule has 1 saturated heterocycles. The first-order chi connectivity index (χ1) is 18.1. The molecule has 1 saturated carbocycles. The third-order valence-electron chi connectivity index (χ3n) is 7.43. The highest BCUT2D eigenvalue weighted by molar-refractivity contribution is 6.01. The largest absolute Gasteiger partial charge is 0.462 e. The molecule has 1 aliphatic carbocycles. The van der Waals surface area contributed by atoms with Gasteiger partial charge in [0.1, 0.15) is 17.7 Å². The summed E-state index contributed by atoms with van der Waals surface area (Å²) >= 11 is 0. The van der Waals surface area contributed by atoms with Gasteiger partial charge in [-0.05, 0) is 42.9 Å². The second-order valence-corrected chi connectivity index (χ2v) is 9.57. The second-order valence-electron chi connectivity index (χ2n) is 9.57. The monoisotopic (exact) mass is 489 g/mol. The molecule has 0 N–H and O–H groups in total. The van der Waals surface area contributed by atoms with Crippen LogP contribution in [0.1, 0.15) is 41.6 Å². The van der Waals surface area contributed by atoms with Crippen molar-refractivity contribution in [3.05, 3.63) is 107 Å². The van der Waals surface area contributed by atoms with Crippen LogP contribution in [0.25, 0.3) is 0 Å². The Morgan fingerprint density at radius 1 is 1.00 bits per heavy atom. The van der Waals surface area contributed by atoms with Crippen molar-refractivity contribution >= 4 is 11.8 Å². The average molecular weight is 490 g/mol. The number of allylic oxidation sites excluding steroid dienone is 1. The summed E-state index contributed by atoms with van der Waals surface area (Å²) in [5.74, 6) is -0.980. The van der Waals surface area contributed by atoms with Gasteiger partial charge in [0, 0.05) is 23.6 Å². The van der Waals surface area contributed by atoms with Gasteiger partial charge in [-0.2, -0.15) is 10.5 Å². The Morgan fingerprint density at radius 3 is 2.24 bits per heavy atom. The summed E-state index contributed by atoms with van der Waals surface area (Å²) in [6.07, 6.45) is 7.23. The standard InChI is InChI=1S/C31H27N3O3/c1-2-37-31(36)23-15-16-25-28(26(21-13-14-21)24(17-32)18-33)27(20-9-5-3-6-10-20)29(34(25)19-23)30(35)22-11-7-4-8-12-22/h3-12,15-16,19,21,25,27-29H,2,13-14H2,1H3/t25-,27-,28+,29+/m0/s1. The highest BCUT2D eigenvalue weighted by atomic mass is 16.5. The number of rotatable bonds is 7. The van der Waals surface area contributed by atoms with Gasteiger partial charge >= 0.3 is 5.97 Å². The molecule has 0 spiro atoms. The molecule has 2 aromatic rings. The van der Waals surface area contributed by atoms with Crippen molar-refractivity contribution in [3.8, 4) is 12.1 Å². The van der Waals surface area contributed by atoms with E-state index in [0.717, 1.165) is 24.0 Å². The van der Waals surface area contributed by atoms with Gasteiger partial charge in [0.25, 0.3) is 0 Å². The topological polar surface area (TPSA) is 94.2 Å². The molecule has 6 heteroatoms. The van der Waals surface area contributed by atoms with E-state index in [4.69, 9.17) is 4.74 Å². The number of ketones is 1. The fraction of sp³-hybridized carbons (Fsp3) is 0.290. The van der Waals surface area contributed by atoms with Crippen molar-refractivity contribution in [1.82, 2.24) is 4.90 Å². The number of Topliss-reactive ketones (excluding diaryl/α,β-unsaturated/α-hetero) is 1. The number of fused-ring (bicyclic) bond motifs is 1. The number of carbonyl (C=O) groups is 2. The van der Waals surface area contributed by atoms with Crippen LogP contribution in [0.4, 0.5) is 0 Å². The Bertz CT molecular complexity index is 1360. The Kier molecular flexibility index (Phi) is 6.75. The van der Waals surface area contributed by atoms with Crippen molar-refractivity contribution in [2.45, 2.75) is 37.8 Å². The van der Waals surface area contributed by atoms with Gasteiger partial charge in [-0.1, -0.05) is 66.7 Å². The van der Waals surface area contributed by atoms with E-state index in [0.29, 0.717) is 11.1 Å². The maximum Gasteiger partial charge on any atom is 0.339 e. The van der Waals surface area contributed by atoms with Gasteiger partial charge in [0.05, 0.1) is 24.3 Å². The molecule has 2 heterocycles. The van der Waals surface area contributed by atoms with Crippen LogP contribution >= 0.6 is 0 Å². The zero-order valence-electron chi connectivity index (χ0n) is 20.6. The Balaban J connectivity index is 1.73. The highest BCUT2D eigenvalue weighted by Gasteiger charge is 2.55. The predicted molar refractivity (Wildman–Crippen MR) is 138 cm³/mol. The molecular weight excluding hydrogens is 462 g/mol. The summed E-state index contributed by atoms with van der Waals surface area (Å²) in [6.45, 7) is 2.00. The molecule has 5 rings (SSSR count). The molecule has 0 aromatic heterocycles. The summed E-state index contributed by atoms with van der Waals surface area (Å²) in [5.41, 5.74) is 2.87. The maximum atomic E-state index is 14.2. The van der Waals surface area contributed by atoms with E-state index in [-0.39, 0.29) is 41.8 Å². The van der Waals surface area contributed by atoms with Crippen molar-refractivity contribution in [2.24, 2.45) is 11.8 Å². The molecule has 4 atom stereocenters. The van der Waals surface area contributed by atoms with Gasteiger partial charge < -0.3 is 9.64 Å². The summed E-state index contributed by atoms with van der Waals surface area (Å²) in [4.78, 5) is 28.8. The van der Waals surface area contributed by atoms with Gasteiger partial charge in [0.2, 0.25) is 0 Å². The number of ether oxygens (including phenoxy) is 1. The third kappa shape index (κ3) is 4.47. The lowest BCUT2D eigenvalue weighted by atomic mass is 9.73. The lowest BCUT2D eigenvalue weighted by Gasteiger charge is -2.31. The molecule has 2 fully saturated rings. The molecule has 0 bridgehead atoms. The zero-order chi connectivity index (χ0) is 25.9. The van der Waals surface area contributed by atoms with Crippen molar-refractivity contribution in [3.63, 3.8) is 0 Å². The summed E-state index contributed by atoms with van der Waals surface area (Å²) < 4.78 is 5.25. The van der Waals surface area contributed by atoms with E-state index < -0.39 is 12.0 Å². The SMILES string of the molecule is CCOC(=O)C1=CN2[C@@H](C=C1)[C@H](C(=C(C#N)C#N)C1CC1)[C@H](c1ccccc1)[C@@H]2C(=O)c1ccccc1. The van der Waals surface area contributed by atoms with Crippen LogP contribution in [0.3, 0.4) is 0 Å². The number of hydrogen-bond acceptors (Lipinski definition) is 6. The van der Waals surface area contributed by atoms with E-state index in [1.54, 1.807) is 31.3 Å². The number of nitriles is 2. The highest BCUT2D eigenvalue weighted by Crippen LogP contribution is 2.54. The second kappa shape index (κ2) is 10.3. The summed E-state index contributed by atoms with van der Waals surface area (Å²) in [6, 6.07) is 22.3. The van der Waals surface area contributed by atoms with E-state index in [2.05, 4.69) is 12.1 Å². The Morgan fingerprint density at radius 2 is 1.65 bits per heavy atom. The van der Waals surface area contributed by atoms with E-state index in [1.807, 2.05) is 59.5 Å². The minimum Gasteiger partial charge on any atom is -0.462 e. The lowest BCUT2D eigenvalue weighted by Crippen LogP contribution is -2.40. The number of nitrogens with zero attached hydrogens (tertiary/aromatic N) is 3. The van der Waals surface area contributed by atoms with E-state index in [1.165, 1.54) is 0 Å². The van der Waals surface area contributed by atoms with Crippen LogP contribution in [0.15, 0.2) is 95.7 Å². The normalized spacial score (nSPS) is 23.8. The smallest absolute Gasteiger partial charge is 0.339 e. The van der Waals surface area contributed by atoms with E-state index >= 15 is 0 Å². The minimum atomic E-state index is -0.637. The molecular formula is C31H27N3O3. The summed E-state index contributed by atoms with van der Waals surface area (Å²) in [7, 11) is 0. The van der Waals surface area contributed by atoms with Crippen LogP contribution in [-0.2, 0) is 9.53 Å². The van der Waals surface area contributed by atoms with Gasteiger partial charge in [-0.25, -0.2) is 4.79 Å². The van der Waals surface area contributed by atoms with E-state index in [9.17, 15) is 20.1 Å². The molecule has 3 aliphatic rings. The van der Waals surface area contributed by atoms with Crippen LogP contribution in [0, 0.1) is 34.5 Å². The fourth-order valence-electron chi connectivity index (χ4n) is 5.80. The molecule has 37 heavy (non-hydrogen) atoms. The zero-order valence-corrected chi connectivity index (χ0v) is 20.6. The number of esters is 1. The third-order valence-corrected chi connectivity index (χ3v) is 7.43. The predicted octanol–water partition coefficient (Wildman–Crippen LogP) is 5.09. The number of benzene rings is 2. The quantitative estimate of drug-likeness (QED) is 0.305. The number of hydrogen-bond donors (Lipinski definition) is 0. The summed E-state index contributed by atoms with van der Waals surface area (Å²) in [5, 5.41) is 19.8. The van der Waals surface area contributed by atoms with Crippen LogP contribution in [-0.4, -0.2) is 35.3 Å². The molecule has 0 unspecified atom stereocenters. The first-order valence-electron chi connectivity index (χ1n) is 12.6. The first kappa shape index (κ1) is 24.3. The molecule has 2 aromatic carbocycles. The van der Waals surface area contributed by atoms with Gasteiger partial charge in [-0.15, -0.1) is 0 Å². The van der Waals surface area contributed by atoms with Crippen LogP contribution < -0.4 is 0 Å². The Hall–Kier alpha value is -4.42. The fourth-order valence-corrected chi connectivity index (χ4v) is 5.80. The molecule has 6 nitrogen and oxygen atoms in total. The molecule has 2 aliphatic heterocycles. The minimum absolute atomic E-state index is 0.0673. The van der Waals surface area contributed by atoms with Crippen molar-refractivity contribution < 1.29 is 14.3 Å². The molecule has 0 radical (unpaired) electrons. The van der Waals surface area contributed by atoms with Crippen molar-refractivity contribution in [1.29, 1.82) is 10.5 Å². The van der Waals surface area contributed by atoms with Crippen LogP contribution in [0.2, 0.25) is 0 Å². The molecule has 184 valence electrons. The lowest BCUT2D eigenvalue weighted by molar-refractivity contribution is -0.138. The van der Waals surface area contributed by atoms with Crippen LogP contribution in [0.5, 0.6) is 0 Å². The van der Waals surface area contributed by atoms with Gasteiger partial charge in [-0.3, -0.25) is 4.79 Å². The van der Waals surface area contributed by atoms with Crippen molar-refractivity contribution in [2.75, 3.05) is 6.61 Å². The molecule has 0 amide bonds. The number of carbonyl (C=O) groups excluding carboxylic acids is 2. The first-order valence-corrected chi connectivity index (χ1v) is 12.6. The Labute approximate surface area is 216 Å². The average Bonchev–Trinajstić information content (AvgIpc) is 3.73.